The third-order valence-electron chi connectivity index (χ3n) is 6.44. The van der Waals surface area contributed by atoms with Gasteiger partial charge in [-0.3, -0.25) is 19.5 Å². The molecule has 0 bridgehead atoms. The highest BCUT2D eigenvalue weighted by Crippen LogP contribution is 2.45. The molecule has 0 atom stereocenters. The quantitative estimate of drug-likeness (QED) is 0.571. The van der Waals surface area contributed by atoms with Crippen molar-refractivity contribution in [3.8, 4) is 0 Å². The zero-order valence-corrected chi connectivity index (χ0v) is 18.8. The number of halogens is 1. The summed E-state index contributed by atoms with van der Waals surface area (Å²) in [6.07, 6.45) is 2.84. The van der Waals surface area contributed by atoms with Crippen LogP contribution in [-0.2, 0) is 14.3 Å². The van der Waals surface area contributed by atoms with Crippen molar-refractivity contribution < 1.29 is 19.1 Å². The highest BCUT2D eigenvalue weighted by Gasteiger charge is 2.52. The first-order valence-corrected chi connectivity index (χ1v) is 11.2. The molecule has 8 heteroatoms. The predicted molar refractivity (Wildman–Crippen MR) is 126 cm³/mol. The van der Waals surface area contributed by atoms with Crippen molar-refractivity contribution in [2.24, 2.45) is 0 Å². The minimum absolute atomic E-state index is 0.190. The summed E-state index contributed by atoms with van der Waals surface area (Å²) < 4.78 is 5.42. The Balaban J connectivity index is 1.41. The van der Waals surface area contributed by atoms with Crippen LogP contribution in [0.2, 0.25) is 5.02 Å². The van der Waals surface area contributed by atoms with Gasteiger partial charge in [-0.25, -0.2) is 4.79 Å². The maximum atomic E-state index is 13.4. The smallest absolute Gasteiger partial charge is 0.340 e. The number of amides is 2. The van der Waals surface area contributed by atoms with Crippen LogP contribution in [0.15, 0.2) is 48.5 Å². The number of para-hydroxylation sites is 2. The van der Waals surface area contributed by atoms with Gasteiger partial charge >= 0.3 is 5.97 Å². The van der Waals surface area contributed by atoms with Crippen molar-refractivity contribution in [1.29, 1.82) is 0 Å². The lowest BCUT2D eigenvalue weighted by Gasteiger charge is -2.44. The number of aryl methyl sites for hydroxylation is 1. The fraction of sp³-hybridized carbons (Fsp3) is 0.280. The lowest BCUT2D eigenvalue weighted by molar-refractivity contribution is -0.129. The number of aromatic nitrogens is 1. The summed E-state index contributed by atoms with van der Waals surface area (Å²) in [7, 11) is 0. The van der Waals surface area contributed by atoms with Gasteiger partial charge in [0.1, 0.15) is 5.54 Å². The molecule has 0 saturated heterocycles. The molecule has 1 fully saturated rings. The zero-order chi connectivity index (χ0) is 23.2. The van der Waals surface area contributed by atoms with E-state index in [9.17, 15) is 14.4 Å². The number of rotatable bonds is 3. The van der Waals surface area contributed by atoms with E-state index in [1.54, 1.807) is 49.4 Å². The summed E-state index contributed by atoms with van der Waals surface area (Å²) in [5.74, 6) is -1.27. The maximum Gasteiger partial charge on any atom is 0.340 e. The summed E-state index contributed by atoms with van der Waals surface area (Å²) in [6, 6.07) is 14.1. The summed E-state index contributed by atoms with van der Waals surface area (Å²) in [5, 5.41) is 4.18. The fourth-order valence-electron chi connectivity index (χ4n) is 4.85. The molecular weight excluding hydrogens is 442 g/mol. The molecule has 5 rings (SSSR count). The second-order valence-electron chi connectivity index (χ2n) is 8.47. The largest absolute Gasteiger partial charge is 0.452 e. The normalized spacial score (nSPS) is 16.5. The second kappa shape index (κ2) is 8.15. The van der Waals surface area contributed by atoms with Crippen molar-refractivity contribution in [3.63, 3.8) is 0 Å². The van der Waals surface area contributed by atoms with Gasteiger partial charge in [0.25, 0.3) is 11.8 Å². The third kappa shape index (κ3) is 3.62. The molecular formula is C25H22ClN3O4. The summed E-state index contributed by atoms with van der Waals surface area (Å²) in [5.41, 5.74) is 1.73. The standard InChI is InChI=1S/C25H22ClN3O4/c1-15-18(13-16-12-17(26)8-9-19(16)27-15)23(31)33-14-22(30)29-21-7-3-2-6-20(21)28-24(32)25(29)10-4-5-11-25/h2-3,6-9,12-13H,4-5,10-11,14H2,1H3,(H,28,32). The molecule has 0 radical (unpaired) electrons. The zero-order valence-electron chi connectivity index (χ0n) is 18.1. The fourth-order valence-corrected chi connectivity index (χ4v) is 5.03. The van der Waals surface area contributed by atoms with Gasteiger partial charge < -0.3 is 10.1 Å². The van der Waals surface area contributed by atoms with Crippen LogP contribution < -0.4 is 10.2 Å². The van der Waals surface area contributed by atoms with E-state index in [0.717, 1.165) is 12.8 Å². The topological polar surface area (TPSA) is 88.6 Å². The first kappa shape index (κ1) is 21.4. The molecule has 1 aliphatic carbocycles. The number of carbonyl (C=O) groups excluding carboxylic acids is 3. The van der Waals surface area contributed by atoms with Crippen molar-refractivity contribution in [3.05, 3.63) is 64.8 Å². The number of nitrogens with zero attached hydrogens (tertiary/aromatic N) is 2. The SMILES string of the molecule is Cc1nc2ccc(Cl)cc2cc1C(=O)OCC(=O)N1c2ccccc2NC(=O)C12CCCC2. The Morgan fingerprint density at radius 1 is 1.15 bits per heavy atom. The average Bonchev–Trinajstić information content (AvgIpc) is 3.28. The Labute approximate surface area is 195 Å². The Kier molecular flexibility index (Phi) is 5.29. The lowest BCUT2D eigenvalue weighted by atomic mass is 9.90. The summed E-state index contributed by atoms with van der Waals surface area (Å²) in [4.78, 5) is 45.2. The van der Waals surface area contributed by atoms with Crippen LogP contribution in [0, 0.1) is 6.92 Å². The Morgan fingerprint density at radius 3 is 2.70 bits per heavy atom. The van der Waals surface area contributed by atoms with Gasteiger partial charge in [-0.1, -0.05) is 36.6 Å². The minimum atomic E-state index is -0.949. The van der Waals surface area contributed by atoms with Gasteiger partial charge in [-0.15, -0.1) is 0 Å². The molecule has 2 heterocycles. The van der Waals surface area contributed by atoms with E-state index in [-0.39, 0.29) is 11.5 Å². The highest BCUT2D eigenvalue weighted by atomic mass is 35.5. The van der Waals surface area contributed by atoms with Crippen LogP contribution >= 0.6 is 11.6 Å². The van der Waals surface area contributed by atoms with E-state index < -0.39 is 24.0 Å². The number of carbonyl (C=O) groups is 3. The average molecular weight is 464 g/mol. The van der Waals surface area contributed by atoms with Crippen LogP contribution in [0.5, 0.6) is 0 Å². The van der Waals surface area contributed by atoms with E-state index in [4.69, 9.17) is 16.3 Å². The number of ether oxygens (including phenoxy) is 1. The van der Waals surface area contributed by atoms with Crippen molar-refractivity contribution in [2.45, 2.75) is 38.1 Å². The Bertz CT molecular complexity index is 1300. The number of hydrogen-bond acceptors (Lipinski definition) is 5. The molecule has 33 heavy (non-hydrogen) atoms. The van der Waals surface area contributed by atoms with Crippen molar-refractivity contribution in [2.75, 3.05) is 16.8 Å². The van der Waals surface area contributed by atoms with Crippen LogP contribution in [0.1, 0.15) is 41.7 Å². The van der Waals surface area contributed by atoms with Crippen LogP contribution in [0.25, 0.3) is 10.9 Å². The van der Waals surface area contributed by atoms with Gasteiger partial charge in [-0.2, -0.15) is 0 Å². The molecule has 1 N–H and O–H groups in total. The second-order valence-corrected chi connectivity index (χ2v) is 8.91. The molecule has 1 aromatic heterocycles. The molecule has 7 nitrogen and oxygen atoms in total. The molecule has 3 aromatic rings. The lowest BCUT2D eigenvalue weighted by Crippen LogP contribution is -2.61. The van der Waals surface area contributed by atoms with E-state index in [2.05, 4.69) is 10.3 Å². The number of pyridine rings is 1. The van der Waals surface area contributed by atoms with E-state index >= 15 is 0 Å². The van der Waals surface area contributed by atoms with Crippen LogP contribution in [-0.4, -0.2) is 34.9 Å². The number of hydrogen-bond donors (Lipinski definition) is 1. The van der Waals surface area contributed by atoms with E-state index in [1.807, 2.05) is 6.07 Å². The minimum Gasteiger partial charge on any atom is -0.452 e. The number of benzene rings is 2. The third-order valence-corrected chi connectivity index (χ3v) is 6.67. The van der Waals surface area contributed by atoms with Gasteiger partial charge in [0.05, 0.1) is 28.1 Å². The predicted octanol–water partition coefficient (Wildman–Crippen LogP) is 4.65. The highest BCUT2D eigenvalue weighted by molar-refractivity contribution is 6.31. The van der Waals surface area contributed by atoms with Crippen LogP contribution in [0.4, 0.5) is 11.4 Å². The molecule has 2 amide bonds. The van der Waals surface area contributed by atoms with Crippen LogP contribution in [0.3, 0.4) is 0 Å². The first-order valence-electron chi connectivity index (χ1n) is 10.9. The van der Waals surface area contributed by atoms with Crippen molar-refractivity contribution >= 4 is 51.7 Å². The van der Waals surface area contributed by atoms with E-state index in [0.29, 0.717) is 45.8 Å². The maximum absolute atomic E-state index is 13.4. The molecule has 2 aliphatic rings. The monoisotopic (exact) mass is 463 g/mol. The summed E-state index contributed by atoms with van der Waals surface area (Å²) >= 11 is 6.06. The van der Waals surface area contributed by atoms with Gasteiger partial charge in [0.2, 0.25) is 0 Å². The number of esters is 1. The molecule has 2 aromatic carbocycles. The Morgan fingerprint density at radius 2 is 1.91 bits per heavy atom. The molecule has 1 spiro atoms. The molecule has 1 saturated carbocycles. The van der Waals surface area contributed by atoms with Gasteiger partial charge in [-0.05, 0) is 56.2 Å². The molecule has 0 unspecified atom stereocenters. The number of anilines is 2. The number of nitrogens with one attached hydrogen (secondary N) is 1. The first-order chi connectivity index (χ1) is 15.9. The molecule has 168 valence electrons. The molecule has 1 aliphatic heterocycles. The van der Waals surface area contributed by atoms with E-state index in [1.165, 1.54) is 4.90 Å². The van der Waals surface area contributed by atoms with Gasteiger partial charge in [0.15, 0.2) is 6.61 Å². The number of fused-ring (bicyclic) bond motifs is 2. The van der Waals surface area contributed by atoms with Gasteiger partial charge in [0, 0.05) is 10.4 Å². The Hall–Kier alpha value is -3.45. The van der Waals surface area contributed by atoms with Crippen molar-refractivity contribution in [1.82, 2.24) is 4.98 Å². The summed E-state index contributed by atoms with van der Waals surface area (Å²) in [6.45, 7) is 1.24.